The molecule has 1 aromatic carbocycles. The van der Waals surface area contributed by atoms with E-state index in [9.17, 15) is 14.7 Å². The fourth-order valence-corrected chi connectivity index (χ4v) is 4.52. The van der Waals surface area contributed by atoms with Crippen molar-refractivity contribution in [2.75, 3.05) is 19.6 Å². The number of amides is 2. The van der Waals surface area contributed by atoms with Crippen LogP contribution in [0.4, 0.5) is 0 Å². The van der Waals surface area contributed by atoms with Gasteiger partial charge in [-0.3, -0.25) is 14.5 Å². The van der Waals surface area contributed by atoms with Crippen LogP contribution in [0, 0.1) is 5.92 Å². The van der Waals surface area contributed by atoms with Crippen LogP contribution in [0.15, 0.2) is 30.3 Å². The van der Waals surface area contributed by atoms with E-state index in [0.717, 1.165) is 32.5 Å². The van der Waals surface area contributed by atoms with Crippen LogP contribution in [-0.2, 0) is 16.1 Å². The lowest BCUT2D eigenvalue weighted by Crippen LogP contribution is -2.74. The maximum absolute atomic E-state index is 13.3. The van der Waals surface area contributed by atoms with Gasteiger partial charge in [0.2, 0.25) is 11.8 Å². The van der Waals surface area contributed by atoms with Crippen molar-refractivity contribution in [3.63, 3.8) is 0 Å². The summed E-state index contributed by atoms with van der Waals surface area (Å²) in [4.78, 5) is 30.7. The normalized spacial score (nSPS) is 23.5. The van der Waals surface area contributed by atoms with E-state index in [4.69, 9.17) is 0 Å². The summed E-state index contributed by atoms with van der Waals surface area (Å²) < 4.78 is 0. The van der Waals surface area contributed by atoms with Gasteiger partial charge in [0.25, 0.3) is 0 Å². The van der Waals surface area contributed by atoms with Crippen LogP contribution in [0.3, 0.4) is 0 Å². The molecule has 29 heavy (non-hydrogen) atoms. The lowest BCUT2D eigenvalue weighted by Gasteiger charge is -2.52. The molecule has 6 nitrogen and oxygen atoms in total. The van der Waals surface area contributed by atoms with Crippen molar-refractivity contribution in [1.82, 2.24) is 15.1 Å². The third-order valence-electron chi connectivity index (χ3n) is 6.45. The van der Waals surface area contributed by atoms with Gasteiger partial charge in [-0.25, -0.2) is 0 Å². The van der Waals surface area contributed by atoms with Gasteiger partial charge in [-0.1, -0.05) is 57.5 Å². The Labute approximate surface area is 174 Å². The molecule has 2 atom stereocenters. The second-order valence-electron chi connectivity index (χ2n) is 8.82. The number of carbonyl (C=O) groups excluding carboxylic acids is 2. The molecule has 3 rings (SSSR count). The Morgan fingerprint density at radius 2 is 1.83 bits per heavy atom. The minimum Gasteiger partial charge on any atom is -0.390 e. The van der Waals surface area contributed by atoms with E-state index in [2.05, 4.69) is 29.3 Å². The van der Waals surface area contributed by atoms with Crippen LogP contribution in [0.1, 0.15) is 52.0 Å². The van der Waals surface area contributed by atoms with Crippen molar-refractivity contribution in [2.45, 2.75) is 70.7 Å². The van der Waals surface area contributed by atoms with Gasteiger partial charge in [0.05, 0.1) is 6.10 Å². The molecule has 0 aromatic heterocycles. The van der Waals surface area contributed by atoms with Crippen molar-refractivity contribution in [2.24, 2.45) is 5.92 Å². The van der Waals surface area contributed by atoms with Crippen LogP contribution < -0.4 is 5.32 Å². The third-order valence-corrected chi connectivity index (χ3v) is 6.45. The first kappa shape index (κ1) is 21.8. The van der Waals surface area contributed by atoms with Gasteiger partial charge in [-0.05, 0) is 30.7 Å². The van der Waals surface area contributed by atoms with Gasteiger partial charge >= 0.3 is 0 Å². The van der Waals surface area contributed by atoms with Crippen LogP contribution in [0.2, 0.25) is 0 Å². The maximum Gasteiger partial charge on any atom is 0.248 e. The van der Waals surface area contributed by atoms with Crippen molar-refractivity contribution in [3.8, 4) is 0 Å². The van der Waals surface area contributed by atoms with Crippen LogP contribution >= 0.6 is 0 Å². The molecule has 6 heteroatoms. The zero-order chi connectivity index (χ0) is 21.0. The molecule has 0 radical (unpaired) electrons. The lowest BCUT2D eigenvalue weighted by atomic mass is 9.80. The molecule has 2 amide bonds. The van der Waals surface area contributed by atoms with Crippen molar-refractivity contribution in [3.05, 3.63) is 35.9 Å². The minimum absolute atomic E-state index is 0.0981. The molecule has 2 aliphatic heterocycles. The zero-order valence-electron chi connectivity index (χ0n) is 17.9. The molecule has 2 saturated heterocycles. The highest BCUT2D eigenvalue weighted by Gasteiger charge is 2.54. The molecule has 2 N–H and O–H groups in total. The molecular weight excluding hydrogens is 366 g/mol. The van der Waals surface area contributed by atoms with Crippen LogP contribution in [-0.4, -0.2) is 64.0 Å². The van der Waals surface area contributed by atoms with Gasteiger partial charge in [0.15, 0.2) is 0 Å². The molecule has 0 bridgehead atoms. The summed E-state index contributed by atoms with van der Waals surface area (Å²) in [6, 6.07) is 9.49. The monoisotopic (exact) mass is 401 g/mol. The fourth-order valence-electron chi connectivity index (χ4n) is 4.52. The average Bonchev–Trinajstić information content (AvgIpc) is 2.72. The smallest absolute Gasteiger partial charge is 0.248 e. The molecule has 0 aliphatic carbocycles. The molecule has 1 spiro atoms. The Morgan fingerprint density at radius 3 is 2.41 bits per heavy atom. The summed E-state index contributed by atoms with van der Waals surface area (Å²) in [5, 5.41) is 13.4. The summed E-state index contributed by atoms with van der Waals surface area (Å²) in [6.07, 6.45) is 2.21. The predicted octanol–water partition coefficient (Wildman–Crippen LogP) is 2.17. The second-order valence-corrected chi connectivity index (χ2v) is 8.82. The van der Waals surface area contributed by atoms with Crippen molar-refractivity contribution in [1.29, 1.82) is 0 Å². The standard InChI is InChI=1S/C23H35N3O3/c1-4-5-13-26-21(28)19(20(27)17(2)3)24-22(29)23(26)11-14-25(15-12-23)16-18-9-7-6-8-10-18/h6-10,17,19-20,27H,4-5,11-16H2,1-3H3,(H,24,29)/t19-,20-/m1/s1. The summed E-state index contributed by atoms with van der Waals surface area (Å²) >= 11 is 0. The molecule has 2 heterocycles. The van der Waals surface area contributed by atoms with E-state index < -0.39 is 17.7 Å². The largest absolute Gasteiger partial charge is 0.390 e. The van der Waals surface area contributed by atoms with Crippen LogP contribution in [0.25, 0.3) is 0 Å². The Hall–Kier alpha value is -1.92. The highest BCUT2D eigenvalue weighted by Crippen LogP contribution is 2.34. The number of aliphatic hydroxyl groups is 1. The van der Waals surface area contributed by atoms with Gasteiger partial charge in [0.1, 0.15) is 11.6 Å². The van der Waals surface area contributed by atoms with E-state index in [1.165, 1.54) is 5.56 Å². The maximum atomic E-state index is 13.3. The number of hydrogen-bond acceptors (Lipinski definition) is 4. The minimum atomic E-state index is -0.869. The van der Waals surface area contributed by atoms with Crippen molar-refractivity contribution >= 4 is 11.8 Å². The van der Waals surface area contributed by atoms with E-state index in [1.807, 2.05) is 32.0 Å². The molecule has 1 aromatic rings. The molecule has 2 fully saturated rings. The van der Waals surface area contributed by atoms with E-state index in [1.54, 1.807) is 4.90 Å². The number of carbonyl (C=O) groups is 2. The summed E-state index contributed by atoms with van der Waals surface area (Å²) in [5.74, 6) is -0.327. The number of aliphatic hydroxyl groups excluding tert-OH is 1. The number of rotatable bonds is 7. The fraction of sp³-hybridized carbons (Fsp3) is 0.652. The molecular formula is C23H35N3O3. The summed E-state index contributed by atoms with van der Waals surface area (Å²) in [6.45, 7) is 8.80. The molecule has 160 valence electrons. The second kappa shape index (κ2) is 9.26. The number of hydrogen-bond donors (Lipinski definition) is 2. The predicted molar refractivity (Wildman–Crippen MR) is 113 cm³/mol. The van der Waals surface area contributed by atoms with E-state index in [0.29, 0.717) is 19.4 Å². The van der Waals surface area contributed by atoms with Gasteiger partial charge in [0, 0.05) is 26.2 Å². The number of likely N-dealkylation sites (tertiary alicyclic amines) is 1. The van der Waals surface area contributed by atoms with Crippen LogP contribution in [0.5, 0.6) is 0 Å². The lowest BCUT2D eigenvalue weighted by molar-refractivity contribution is -0.165. The zero-order valence-corrected chi connectivity index (χ0v) is 17.9. The first-order chi connectivity index (χ1) is 13.9. The van der Waals surface area contributed by atoms with Crippen molar-refractivity contribution < 1.29 is 14.7 Å². The number of piperazine rings is 1. The molecule has 2 aliphatic rings. The highest BCUT2D eigenvalue weighted by molar-refractivity contribution is 6.00. The quantitative estimate of drug-likeness (QED) is 0.734. The number of benzene rings is 1. The topological polar surface area (TPSA) is 72.9 Å². The Balaban J connectivity index is 1.76. The first-order valence-electron chi connectivity index (χ1n) is 11.0. The summed E-state index contributed by atoms with van der Waals surface area (Å²) in [7, 11) is 0. The number of nitrogens with zero attached hydrogens (tertiary/aromatic N) is 2. The number of unbranched alkanes of at least 4 members (excludes halogenated alkanes) is 1. The van der Waals surface area contributed by atoms with Gasteiger partial charge in [-0.2, -0.15) is 0 Å². The summed E-state index contributed by atoms with van der Waals surface area (Å²) in [5.41, 5.74) is 0.475. The average molecular weight is 402 g/mol. The van der Waals surface area contributed by atoms with Gasteiger partial charge in [-0.15, -0.1) is 0 Å². The van der Waals surface area contributed by atoms with Gasteiger partial charge < -0.3 is 15.3 Å². The number of piperidine rings is 1. The highest BCUT2D eigenvalue weighted by atomic mass is 16.3. The first-order valence-corrected chi connectivity index (χ1v) is 11.0. The Kier molecular flexibility index (Phi) is 6.96. The molecule has 0 saturated carbocycles. The number of nitrogens with one attached hydrogen (secondary N) is 1. The third kappa shape index (κ3) is 4.48. The molecule has 0 unspecified atom stereocenters. The SMILES string of the molecule is CCCCN1C(=O)[C@@H]([C@H](O)C(C)C)NC(=O)C12CCN(Cc1ccccc1)CC2. The van der Waals surface area contributed by atoms with E-state index >= 15 is 0 Å². The Morgan fingerprint density at radius 1 is 1.17 bits per heavy atom. The van der Waals surface area contributed by atoms with E-state index in [-0.39, 0.29) is 17.7 Å². The Bertz CT molecular complexity index is 699.